The number of nitrogen functional groups attached to an aromatic ring is 1. The highest BCUT2D eigenvalue weighted by atomic mass is 16.6. The summed E-state index contributed by atoms with van der Waals surface area (Å²) in [4.78, 5) is 18.4. The normalized spacial score (nSPS) is 10.2. The molecule has 0 aliphatic carbocycles. The van der Waals surface area contributed by atoms with Gasteiger partial charge in [-0.15, -0.1) is 0 Å². The zero-order chi connectivity index (χ0) is 15.6. The first-order valence-corrected chi connectivity index (χ1v) is 6.00. The molecular weight excluding hydrogens is 274 g/mol. The van der Waals surface area contributed by atoms with Crippen molar-refractivity contribution in [2.75, 3.05) is 0 Å². The summed E-state index contributed by atoms with van der Waals surface area (Å²) in [6.45, 7) is 3.34. The Morgan fingerprint density at radius 3 is 2.62 bits per heavy atom. The first-order valence-electron chi connectivity index (χ1n) is 6.00. The maximum absolute atomic E-state index is 10.8. The molecule has 0 unspecified atom stereocenters. The Bertz CT molecular complexity index is 730. The Morgan fingerprint density at radius 2 is 2.05 bits per heavy atom. The van der Waals surface area contributed by atoms with Gasteiger partial charge in [0.05, 0.1) is 4.92 Å². The predicted molar refractivity (Wildman–Crippen MR) is 75.7 cm³/mol. The number of nitro groups is 1. The van der Waals surface area contributed by atoms with E-state index in [0.717, 1.165) is 0 Å². The van der Waals surface area contributed by atoms with Gasteiger partial charge < -0.3 is 10.5 Å². The number of rotatable bonds is 4. The average Bonchev–Trinajstić information content (AvgIpc) is 2.37. The molecule has 8 heteroatoms. The molecule has 0 aliphatic rings. The van der Waals surface area contributed by atoms with Crippen molar-refractivity contribution in [3.63, 3.8) is 0 Å². The lowest BCUT2D eigenvalue weighted by molar-refractivity contribution is -0.385. The van der Waals surface area contributed by atoms with Gasteiger partial charge in [-0.2, -0.15) is 4.98 Å². The van der Waals surface area contributed by atoms with Crippen LogP contribution in [0.25, 0.3) is 0 Å². The number of nitrogens with two attached hydrogens (primary N) is 1. The summed E-state index contributed by atoms with van der Waals surface area (Å²) in [5.74, 6) is 0.184. The van der Waals surface area contributed by atoms with Crippen molar-refractivity contribution in [2.24, 2.45) is 5.73 Å². The van der Waals surface area contributed by atoms with Crippen LogP contribution in [-0.2, 0) is 0 Å². The standard InChI is InChI=1S/C13H13N5O3/c1-7-5-9(3-4-11(7)18(19)20)21-13-16-8(2)6-10(17-13)12(14)15/h3-6H,1-2H3,(H3,14,15). The molecule has 0 fully saturated rings. The third kappa shape index (κ3) is 3.30. The molecule has 3 N–H and O–H groups in total. The van der Waals surface area contributed by atoms with Gasteiger partial charge in [0.1, 0.15) is 17.3 Å². The Kier molecular flexibility index (Phi) is 3.79. The van der Waals surface area contributed by atoms with Crippen molar-refractivity contribution in [1.29, 1.82) is 5.41 Å². The molecule has 0 saturated heterocycles. The van der Waals surface area contributed by atoms with E-state index in [4.69, 9.17) is 15.9 Å². The molecule has 8 nitrogen and oxygen atoms in total. The smallest absolute Gasteiger partial charge is 0.322 e. The van der Waals surface area contributed by atoms with Crippen LogP contribution in [0.15, 0.2) is 24.3 Å². The summed E-state index contributed by atoms with van der Waals surface area (Å²) in [7, 11) is 0. The number of nitrogens with zero attached hydrogens (tertiary/aromatic N) is 3. The molecule has 1 aromatic carbocycles. The lowest BCUT2D eigenvalue weighted by atomic mass is 10.2. The van der Waals surface area contributed by atoms with Crippen LogP contribution in [0.5, 0.6) is 11.8 Å². The Labute approximate surface area is 120 Å². The van der Waals surface area contributed by atoms with Gasteiger partial charge in [0.15, 0.2) is 0 Å². The first-order chi connectivity index (χ1) is 9.86. The number of aromatic nitrogens is 2. The van der Waals surface area contributed by atoms with E-state index in [1.807, 2.05) is 0 Å². The number of hydrogen-bond donors (Lipinski definition) is 2. The van der Waals surface area contributed by atoms with Gasteiger partial charge in [0, 0.05) is 17.3 Å². The van der Waals surface area contributed by atoms with E-state index < -0.39 is 4.92 Å². The Morgan fingerprint density at radius 1 is 1.33 bits per heavy atom. The Hall–Kier alpha value is -3.03. The van der Waals surface area contributed by atoms with E-state index in [-0.39, 0.29) is 23.2 Å². The second kappa shape index (κ2) is 5.53. The lowest BCUT2D eigenvalue weighted by Crippen LogP contribution is -2.14. The second-order valence-corrected chi connectivity index (χ2v) is 4.40. The van der Waals surface area contributed by atoms with E-state index in [9.17, 15) is 10.1 Å². The van der Waals surface area contributed by atoms with Crippen LogP contribution in [-0.4, -0.2) is 20.7 Å². The lowest BCUT2D eigenvalue weighted by Gasteiger charge is -2.07. The molecule has 0 aliphatic heterocycles. The van der Waals surface area contributed by atoms with Gasteiger partial charge in [-0.25, -0.2) is 4.98 Å². The largest absolute Gasteiger partial charge is 0.424 e. The highest BCUT2D eigenvalue weighted by Crippen LogP contribution is 2.25. The van der Waals surface area contributed by atoms with Crippen molar-refractivity contribution >= 4 is 11.5 Å². The fourth-order valence-corrected chi connectivity index (χ4v) is 1.73. The fourth-order valence-electron chi connectivity index (χ4n) is 1.73. The van der Waals surface area contributed by atoms with Gasteiger partial charge in [-0.05, 0) is 32.0 Å². The number of amidine groups is 1. The van der Waals surface area contributed by atoms with Gasteiger partial charge in [0.2, 0.25) is 0 Å². The van der Waals surface area contributed by atoms with Crippen LogP contribution in [0, 0.1) is 29.4 Å². The average molecular weight is 287 g/mol. The summed E-state index contributed by atoms with van der Waals surface area (Å²) in [5.41, 5.74) is 6.73. The molecule has 108 valence electrons. The van der Waals surface area contributed by atoms with Crippen molar-refractivity contribution in [3.8, 4) is 11.8 Å². The van der Waals surface area contributed by atoms with Crippen molar-refractivity contribution in [3.05, 3.63) is 51.3 Å². The van der Waals surface area contributed by atoms with Crippen molar-refractivity contribution in [2.45, 2.75) is 13.8 Å². The topological polar surface area (TPSA) is 128 Å². The minimum atomic E-state index is -0.462. The minimum Gasteiger partial charge on any atom is -0.424 e. The third-order valence-corrected chi connectivity index (χ3v) is 2.68. The van der Waals surface area contributed by atoms with Gasteiger partial charge in [0.25, 0.3) is 5.69 Å². The minimum absolute atomic E-state index is 0.0111. The molecule has 0 atom stereocenters. The highest BCUT2D eigenvalue weighted by molar-refractivity contribution is 5.93. The van der Waals surface area contributed by atoms with E-state index >= 15 is 0 Å². The highest BCUT2D eigenvalue weighted by Gasteiger charge is 2.12. The van der Waals surface area contributed by atoms with Crippen LogP contribution in [0.2, 0.25) is 0 Å². The molecule has 0 amide bonds. The molecule has 0 radical (unpaired) electrons. The van der Waals surface area contributed by atoms with Crippen LogP contribution >= 0.6 is 0 Å². The number of aryl methyl sites for hydroxylation is 2. The van der Waals surface area contributed by atoms with Crippen LogP contribution < -0.4 is 10.5 Å². The molecule has 1 aromatic heterocycles. The SMILES string of the molecule is Cc1cc(C(=N)N)nc(Oc2ccc([N+](=O)[O-])c(C)c2)n1. The molecule has 0 bridgehead atoms. The predicted octanol–water partition coefficient (Wildman–Crippen LogP) is 2.08. The number of ether oxygens (including phenoxy) is 1. The summed E-state index contributed by atoms with van der Waals surface area (Å²) >= 11 is 0. The van der Waals surface area contributed by atoms with Crippen molar-refractivity contribution in [1.82, 2.24) is 9.97 Å². The van der Waals surface area contributed by atoms with Crippen molar-refractivity contribution < 1.29 is 9.66 Å². The summed E-state index contributed by atoms with van der Waals surface area (Å²) < 4.78 is 5.47. The number of benzene rings is 1. The number of hydrogen-bond acceptors (Lipinski definition) is 6. The number of nitrogens with one attached hydrogen (secondary N) is 1. The maximum Gasteiger partial charge on any atom is 0.322 e. The molecule has 2 rings (SSSR count). The second-order valence-electron chi connectivity index (χ2n) is 4.40. The fraction of sp³-hybridized carbons (Fsp3) is 0.154. The zero-order valence-corrected chi connectivity index (χ0v) is 11.5. The molecule has 0 spiro atoms. The van der Waals surface area contributed by atoms with Gasteiger partial charge >= 0.3 is 6.01 Å². The summed E-state index contributed by atoms with van der Waals surface area (Å²) in [6.07, 6.45) is 0. The molecule has 2 aromatic rings. The van der Waals surface area contributed by atoms with Gasteiger partial charge in [-0.3, -0.25) is 15.5 Å². The first kappa shape index (κ1) is 14.4. The van der Waals surface area contributed by atoms with Gasteiger partial charge in [-0.1, -0.05) is 0 Å². The maximum atomic E-state index is 10.8. The van der Waals surface area contributed by atoms with Crippen LogP contribution in [0.4, 0.5) is 5.69 Å². The molecule has 1 heterocycles. The van der Waals surface area contributed by atoms with Crippen LogP contribution in [0.1, 0.15) is 17.0 Å². The molecule has 21 heavy (non-hydrogen) atoms. The third-order valence-electron chi connectivity index (χ3n) is 2.68. The van der Waals surface area contributed by atoms with E-state index in [0.29, 0.717) is 17.0 Å². The molecular formula is C13H13N5O3. The quantitative estimate of drug-likeness (QED) is 0.383. The van der Waals surface area contributed by atoms with E-state index in [1.54, 1.807) is 19.9 Å². The number of nitro benzene ring substituents is 1. The zero-order valence-electron chi connectivity index (χ0n) is 11.5. The van der Waals surface area contributed by atoms with E-state index in [2.05, 4.69) is 9.97 Å². The monoisotopic (exact) mass is 287 g/mol. The summed E-state index contributed by atoms with van der Waals surface area (Å²) in [5, 5.41) is 18.1. The van der Waals surface area contributed by atoms with Crippen LogP contribution in [0.3, 0.4) is 0 Å². The van der Waals surface area contributed by atoms with E-state index in [1.165, 1.54) is 18.2 Å². The summed E-state index contributed by atoms with van der Waals surface area (Å²) in [6, 6.07) is 5.94. The Balaban J connectivity index is 2.32. The molecule has 0 saturated carbocycles.